The van der Waals surface area contributed by atoms with Crippen molar-refractivity contribution in [3.63, 3.8) is 0 Å². The predicted molar refractivity (Wildman–Crippen MR) is 68.4 cm³/mol. The highest BCUT2D eigenvalue weighted by molar-refractivity contribution is 5.73. The van der Waals surface area contributed by atoms with Crippen molar-refractivity contribution < 1.29 is 9.34 Å². The van der Waals surface area contributed by atoms with Gasteiger partial charge in [-0.15, -0.1) is 0 Å². The summed E-state index contributed by atoms with van der Waals surface area (Å²) in [5.41, 5.74) is 1.69. The number of nitrogens with one attached hydrogen (secondary N) is 1. The van der Waals surface area contributed by atoms with Crippen molar-refractivity contribution in [2.24, 2.45) is 0 Å². The number of rotatable bonds is 3. The fourth-order valence-electron chi connectivity index (χ4n) is 1.87. The van der Waals surface area contributed by atoms with Gasteiger partial charge in [0, 0.05) is 6.07 Å². The lowest BCUT2D eigenvalue weighted by molar-refractivity contribution is -0.384. The van der Waals surface area contributed by atoms with Gasteiger partial charge in [0.25, 0.3) is 5.69 Å². The molecule has 0 atom stereocenters. The van der Waals surface area contributed by atoms with Gasteiger partial charge in [-0.1, -0.05) is 12.1 Å². The summed E-state index contributed by atoms with van der Waals surface area (Å²) in [6, 6.07) is 11.8. The van der Waals surface area contributed by atoms with Crippen LogP contribution in [0.2, 0.25) is 0 Å². The van der Waals surface area contributed by atoms with Gasteiger partial charge in [0.15, 0.2) is 5.76 Å². The van der Waals surface area contributed by atoms with Gasteiger partial charge in [0.05, 0.1) is 22.4 Å². The van der Waals surface area contributed by atoms with E-state index in [1.54, 1.807) is 42.7 Å². The van der Waals surface area contributed by atoms with Gasteiger partial charge < -0.3 is 4.42 Å². The van der Waals surface area contributed by atoms with Crippen LogP contribution in [0.3, 0.4) is 0 Å². The summed E-state index contributed by atoms with van der Waals surface area (Å²) in [4.78, 5) is 10.6. The van der Waals surface area contributed by atoms with E-state index in [1.165, 1.54) is 6.07 Å². The van der Waals surface area contributed by atoms with Crippen LogP contribution < -0.4 is 0 Å². The highest BCUT2D eigenvalue weighted by Gasteiger charge is 2.17. The zero-order valence-electron chi connectivity index (χ0n) is 9.74. The first-order chi connectivity index (χ1) is 9.25. The molecule has 0 aliphatic heterocycles. The molecular weight excluding hydrogens is 246 g/mol. The molecule has 0 aliphatic rings. The fourth-order valence-corrected chi connectivity index (χ4v) is 1.87. The van der Waals surface area contributed by atoms with E-state index in [-0.39, 0.29) is 5.69 Å². The van der Waals surface area contributed by atoms with E-state index < -0.39 is 4.92 Å². The third kappa shape index (κ3) is 1.99. The first-order valence-electron chi connectivity index (χ1n) is 5.59. The Hall–Kier alpha value is -2.89. The monoisotopic (exact) mass is 255 g/mol. The molecule has 6 heteroatoms. The van der Waals surface area contributed by atoms with Gasteiger partial charge in [0.1, 0.15) is 5.69 Å². The predicted octanol–water partition coefficient (Wildman–Crippen LogP) is 3.24. The van der Waals surface area contributed by atoms with Crippen LogP contribution in [0.1, 0.15) is 0 Å². The maximum Gasteiger partial charge on any atom is 0.278 e. The summed E-state index contributed by atoms with van der Waals surface area (Å²) in [7, 11) is 0. The van der Waals surface area contributed by atoms with Crippen molar-refractivity contribution >= 4 is 5.69 Å². The van der Waals surface area contributed by atoms with Crippen molar-refractivity contribution in [1.82, 2.24) is 10.2 Å². The lowest BCUT2D eigenvalue weighted by Gasteiger charge is -1.97. The third-order valence-corrected chi connectivity index (χ3v) is 2.74. The van der Waals surface area contributed by atoms with Crippen LogP contribution in [-0.2, 0) is 0 Å². The number of hydrogen-bond donors (Lipinski definition) is 1. The molecule has 94 valence electrons. The van der Waals surface area contributed by atoms with E-state index in [0.717, 1.165) is 0 Å². The maximum atomic E-state index is 11.0. The van der Waals surface area contributed by atoms with Crippen molar-refractivity contribution in [1.29, 1.82) is 0 Å². The molecule has 2 heterocycles. The number of aromatic nitrogens is 2. The molecule has 0 spiro atoms. The van der Waals surface area contributed by atoms with Crippen LogP contribution in [0.5, 0.6) is 0 Å². The minimum Gasteiger partial charge on any atom is -0.463 e. The number of hydrogen-bond acceptors (Lipinski definition) is 4. The second kappa shape index (κ2) is 4.41. The molecule has 3 rings (SSSR count). The number of nitro groups is 1. The molecule has 1 N–H and O–H groups in total. The Morgan fingerprint density at radius 2 is 2.05 bits per heavy atom. The summed E-state index contributed by atoms with van der Waals surface area (Å²) in [6.45, 7) is 0. The highest BCUT2D eigenvalue weighted by Crippen LogP contribution is 2.30. The molecule has 6 nitrogen and oxygen atoms in total. The quantitative estimate of drug-likeness (QED) is 0.575. The van der Waals surface area contributed by atoms with Gasteiger partial charge in [-0.05, 0) is 24.3 Å². The Morgan fingerprint density at radius 3 is 2.79 bits per heavy atom. The zero-order valence-corrected chi connectivity index (χ0v) is 9.74. The smallest absolute Gasteiger partial charge is 0.278 e. The molecule has 19 heavy (non-hydrogen) atoms. The van der Waals surface area contributed by atoms with Gasteiger partial charge in [0.2, 0.25) is 0 Å². The Bertz CT molecular complexity index is 716. The Morgan fingerprint density at radius 1 is 1.21 bits per heavy atom. The second-order valence-corrected chi connectivity index (χ2v) is 3.92. The number of benzene rings is 1. The molecule has 0 radical (unpaired) electrons. The molecule has 1 aromatic carbocycles. The first-order valence-corrected chi connectivity index (χ1v) is 5.59. The Labute approximate surface area is 107 Å². The van der Waals surface area contributed by atoms with Crippen LogP contribution in [0.4, 0.5) is 5.69 Å². The Balaban J connectivity index is 2.06. The standard InChI is InChI=1S/C13H9N3O3/c17-16(18)12-5-2-1-4-9(12)10-8-11(15-14-10)13-6-3-7-19-13/h1-8H,(H,14,15). The van der Waals surface area contributed by atoms with Crippen LogP contribution >= 0.6 is 0 Å². The van der Waals surface area contributed by atoms with Gasteiger partial charge in [-0.3, -0.25) is 15.2 Å². The molecule has 0 amide bonds. The van der Waals surface area contributed by atoms with Crippen molar-refractivity contribution in [3.8, 4) is 22.7 Å². The van der Waals surface area contributed by atoms with Crippen LogP contribution in [0, 0.1) is 10.1 Å². The van der Waals surface area contributed by atoms with E-state index in [2.05, 4.69) is 10.2 Å². The van der Waals surface area contributed by atoms with Gasteiger partial charge in [-0.2, -0.15) is 5.10 Å². The Kier molecular flexibility index (Phi) is 2.60. The summed E-state index contributed by atoms with van der Waals surface area (Å²) >= 11 is 0. The zero-order chi connectivity index (χ0) is 13.2. The topological polar surface area (TPSA) is 85.0 Å². The number of H-pyrrole nitrogens is 1. The van der Waals surface area contributed by atoms with Crippen molar-refractivity contribution in [3.05, 3.63) is 58.8 Å². The highest BCUT2D eigenvalue weighted by atomic mass is 16.6. The minimum atomic E-state index is -0.420. The first kappa shape index (κ1) is 11.2. The summed E-state index contributed by atoms with van der Waals surface area (Å²) in [5, 5.41) is 17.9. The average molecular weight is 255 g/mol. The largest absolute Gasteiger partial charge is 0.463 e. The van der Waals surface area contributed by atoms with Crippen molar-refractivity contribution in [2.75, 3.05) is 0 Å². The fraction of sp³-hybridized carbons (Fsp3) is 0. The summed E-state index contributed by atoms with van der Waals surface area (Å²) < 4.78 is 5.24. The minimum absolute atomic E-state index is 0.0278. The molecule has 0 fully saturated rings. The molecule has 0 bridgehead atoms. The van der Waals surface area contributed by atoms with Crippen molar-refractivity contribution in [2.45, 2.75) is 0 Å². The van der Waals surface area contributed by atoms with Gasteiger partial charge >= 0.3 is 0 Å². The van der Waals surface area contributed by atoms with Gasteiger partial charge in [-0.25, -0.2) is 0 Å². The number of para-hydroxylation sites is 1. The number of nitro benzene ring substituents is 1. The molecule has 0 saturated heterocycles. The van der Waals surface area contributed by atoms with E-state index in [4.69, 9.17) is 4.42 Å². The molecule has 3 aromatic rings. The number of nitrogens with zero attached hydrogens (tertiary/aromatic N) is 2. The van der Waals surface area contributed by atoms with E-state index in [1.807, 2.05) is 0 Å². The number of furan rings is 1. The van der Waals surface area contributed by atoms with Crippen LogP contribution in [0.15, 0.2) is 53.1 Å². The average Bonchev–Trinajstić information content (AvgIpc) is 3.09. The lowest BCUT2D eigenvalue weighted by Crippen LogP contribution is -1.91. The molecule has 0 aliphatic carbocycles. The molecule has 2 aromatic heterocycles. The molecule has 0 saturated carbocycles. The molecule has 0 unspecified atom stereocenters. The summed E-state index contributed by atoms with van der Waals surface area (Å²) in [6.07, 6.45) is 1.56. The second-order valence-electron chi connectivity index (χ2n) is 3.92. The lowest BCUT2D eigenvalue weighted by atomic mass is 10.1. The maximum absolute atomic E-state index is 11.0. The normalized spacial score (nSPS) is 10.5. The van der Waals surface area contributed by atoms with E-state index in [0.29, 0.717) is 22.7 Å². The van der Waals surface area contributed by atoms with Crippen LogP contribution in [-0.4, -0.2) is 15.1 Å². The van der Waals surface area contributed by atoms with E-state index in [9.17, 15) is 10.1 Å². The SMILES string of the molecule is O=[N+]([O-])c1ccccc1-c1cc(-c2ccco2)[nH]n1. The van der Waals surface area contributed by atoms with E-state index >= 15 is 0 Å². The third-order valence-electron chi connectivity index (χ3n) is 2.74. The molecular formula is C13H9N3O3. The number of aromatic amines is 1. The van der Waals surface area contributed by atoms with Crippen LogP contribution in [0.25, 0.3) is 22.7 Å². The summed E-state index contributed by atoms with van der Waals surface area (Å²) in [5.74, 6) is 0.636.